The number of nitrogens with one attached hydrogen (secondary N) is 2. The van der Waals surface area contributed by atoms with E-state index in [0.717, 1.165) is 18.8 Å². The van der Waals surface area contributed by atoms with E-state index in [0.29, 0.717) is 0 Å². The first-order valence-electron chi connectivity index (χ1n) is 5.29. The van der Waals surface area contributed by atoms with Crippen LogP contribution in [0.4, 0.5) is 5.82 Å². The van der Waals surface area contributed by atoms with Crippen LogP contribution in [0, 0.1) is 0 Å². The normalized spacial score (nSPS) is 15.5. The lowest BCUT2D eigenvalue weighted by Gasteiger charge is -1.99. The van der Waals surface area contributed by atoms with Crippen molar-refractivity contribution in [3.63, 3.8) is 0 Å². The van der Waals surface area contributed by atoms with Gasteiger partial charge >= 0.3 is 0 Å². The summed E-state index contributed by atoms with van der Waals surface area (Å²) in [6.07, 6.45) is 3.61. The second kappa shape index (κ2) is 3.70. The van der Waals surface area contributed by atoms with E-state index in [4.69, 9.17) is 0 Å². The van der Waals surface area contributed by atoms with Crippen LogP contribution in [-0.2, 0) is 6.42 Å². The Morgan fingerprint density at radius 1 is 1.33 bits per heavy atom. The minimum Gasteiger partial charge on any atom is -0.368 e. The average Bonchev–Trinajstić information content (AvgIpc) is 2.83. The molecule has 1 aliphatic rings. The molecule has 0 unspecified atom stereocenters. The molecule has 3 heterocycles. The van der Waals surface area contributed by atoms with Crippen LogP contribution in [0.5, 0.6) is 0 Å². The van der Waals surface area contributed by atoms with Crippen LogP contribution in [0.1, 0.15) is 18.4 Å². The number of aromatic nitrogens is 2. The molecule has 2 aromatic heterocycles. The highest BCUT2D eigenvalue weighted by Crippen LogP contribution is 2.30. The Hall–Kier alpha value is -1.29. The highest BCUT2D eigenvalue weighted by Gasteiger charge is 2.16. The van der Waals surface area contributed by atoms with Gasteiger partial charge in [0.15, 0.2) is 5.82 Å². The molecule has 0 saturated carbocycles. The molecule has 0 spiro atoms. The summed E-state index contributed by atoms with van der Waals surface area (Å²) in [6.45, 7) is 1.04. The summed E-state index contributed by atoms with van der Waals surface area (Å²) < 4.78 is 0. The first kappa shape index (κ1) is 8.97. The van der Waals surface area contributed by atoms with Crippen LogP contribution >= 0.6 is 11.3 Å². The maximum absolute atomic E-state index is 4.34. The number of H-pyrrole nitrogens is 1. The zero-order chi connectivity index (χ0) is 10.1. The van der Waals surface area contributed by atoms with Crippen LogP contribution in [0.25, 0.3) is 11.3 Å². The number of anilines is 1. The van der Waals surface area contributed by atoms with Crippen molar-refractivity contribution in [1.82, 2.24) is 10.2 Å². The van der Waals surface area contributed by atoms with Gasteiger partial charge < -0.3 is 5.32 Å². The van der Waals surface area contributed by atoms with E-state index >= 15 is 0 Å². The molecule has 2 aromatic rings. The maximum atomic E-state index is 4.34. The number of aromatic amines is 1. The van der Waals surface area contributed by atoms with E-state index in [9.17, 15) is 0 Å². The monoisotopic (exact) mass is 219 g/mol. The molecule has 1 aliphatic heterocycles. The molecule has 15 heavy (non-hydrogen) atoms. The van der Waals surface area contributed by atoms with Crippen molar-refractivity contribution in [2.24, 2.45) is 0 Å². The number of hydrogen-bond donors (Lipinski definition) is 2. The fourth-order valence-corrected chi connectivity index (χ4v) is 2.68. The lowest BCUT2D eigenvalue weighted by atomic mass is 10.1. The van der Waals surface area contributed by atoms with Gasteiger partial charge in [-0.1, -0.05) is 0 Å². The van der Waals surface area contributed by atoms with E-state index in [1.807, 2.05) is 0 Å². The van der Waals surface area contributed by atoms with Crippen molar-refractivity contribution in [1.29, 1.82) is 0 Å². The topological polar surface area (TPSA) is 40.7 Å². The van der Waals surface area contributed by atoms with E-state index in [1.54, 1.807) is 11.3 Å². The highest BCUT2D eigenvalue weighted by molar-refractivity contribution is 7.08. The molecule has 3 rings (SSSR count). The van der Waals surface area contributed by atoms with Gasteiger partial charge in [0.25, 0.3) is 0 Å². The Bertz CT molecular complexity index is 444. The van der Waals surface area contributed by atoms with Crippen LogP contribution in [0.2, 0.25) is 0 Å². The number of rotatable bonds is 1. The molecule has 4 heteroatoms. The predicted octanol–water partition coefficient (Wildman–Crippen LogP) is 2.89. The molecule has 0 fully saturated rings. The lowest BCUT2D eigenvalue weighted by Crippen LogP contribution is -1.99. The Morgan fingerprint density at radius 2 is 2.33 bits per heavy atom. The molecule has 2 N–H and O–H groups in total. The second-order valence-corrected chi connectivity index (χ2v) is 4.60. The van der Waals surface area contributed by atoms with Gasteiger partial charge in [-0.3, -0.25) is 5.10 Å². The van der Waals surface area contributed by atoms with Gasteiger partial charge in [0.1, 0.15) is 0 Å². The molecule has 0 aliphatic carbocycles. The van der Waals surface area contributed by atoms with Crippen LogP contribution in [-0.4, -0.2) is 16.7 Å². The third-order valence-corrected chi connectivity index (χ3v) is 3.51. The van der Waals surface area contributed by atoms with Crippen LogP contribution < -0.4 is 5.32 Å². The molecular formula is C11H13N3S. The summed E-state index contributed by atoms with van der Waals surface area (Å²) >= 11 is 1.73. The van der Waals surface area contributed by atoms with Crippen molar-refractivity contribution < 1.29 is 0 Å². The van der Waals surface area contributed by atoms with Gasteiger partial charge in [0.05, 0.1) is 5.69 Å². The number of nitrogens with zero attached hydrogens (tertiary/aromatic N) is 1. The SMILES string of the molecule is c1cc(-c2[nH]nc3c2CCCCN3)cs1. The van der Waals surface area contributed by atoms with E-state index in [2.05, 4.69) is 32.3 Å². The van der Waals surface area contributed by atoms with Gasteiger partial charge in [-0.25, -0.2) is 0 Å². The summed E-state index contributed by atoms with van der Waals surface area (Å²) in [4.78, 5) is 0. The summed E-state index contributed by atoms with van der Waals surface area (Å²) in [5, 5.41) is 15.1. The zero-order valence-corrected chi connectivity index (χ0v) is 9.23. The maximum Gasteiger partial charge on any atom is 0.151 e. The van der Waals surface area contributed by atoms with Crippen molar-refractivity contribution in [2.45, 2.75) is 19.3 Å². The third kappa shape index (κ3) is 1.55. The van der Waals surface area contributed by atoms with Gasteiger partial charge in [-0.15, -0.1) is 0 Å². The average molecular weight is 219 g/mol. The quantitative estimate of drug-likeness (QED) is 0.774. The van der Waals surface area contributed by atoms with E-state index in [-0.39, 0.29) is 0 Å². The molecule has 0 atom stereocenters. The second-order valence-electron chi connectivity index (χ2n) is 3.82. The Kier molecular flexibility index (Phi) is 2.21. The number of hydrogen-bond acceptors (Lipinski definition) is 3. The van der Waals surface area contributed by atoms with Gasteiger partial charge in [0.2, 0.25) is 0 Å². The minimum absolute atomic E-state index is 1.04. The number of fused-ring (bicyclic) bond motifs is 1. The number of thiophene rings is 1. The van der Waals surface area contributed by atoms with E-state index < -0.39 is 0 Å². The standard InChI is InChI=1S/C11H13N3S/c1-2-5-12-11-9(3-1)10(13-14-11)8-4-6-15-7-8/h4,6-7H,1-3,5H2,(H2,12,13,14). The zero-order valence-electron chi connectivity index (χ0n) is 8.42. The molecule has 0 saturated heterocycles. The van der Waals surface area contributed by atoms with Gasteiger partial charge in [-0.05, 0) is 30.7 Å². The molecular weight excluding hydrogens is 206 g/mol. The molecule has 0 radical (unpaired) electrons. The van der Waals surface area contributed by atoms with Crippen LogP contribution in [0.3, 0.4) is 0 Å². The van der Waals surface area contributed by atoms with Gasteiger partial charge in [-0.2, -0.15) is 16.4 Å². The molecule has 0 amide bonds. The fraction of sp³-hybridized carbons (Fsp3) is 0.364. The third-order valence-electron chi connectivity index (χ3n) is 2.82. The smallest absolute Gasteiger partial charge is 0.151 e. The van der Waals surface area contributed by atoms with Crippen molar-refractivity contribution >= 4 is 17.2 Å². The lowest BCUT2D eigenvalue weighted by molar-refractivity contribution is 0.783. The minimum atomic E-state index is 1.04. The van der Waals surface area contributed by atoms with Crippen LogP contribution in [0.15, 0.2) is 16.8 Å². The summed E-state index contributed by atoms with van der Waals surface area (Å²) in [6, 6.07) is 2.14. The van der Waals surface area contributed by atoms with Gasteiger partial charge in [0, 0.05) is 23.1 Å². The Morgan fingerprint density at radius 3 is 3.20 bits per heavy atom. The molecule has 3 nitrogen and oxygen atoms in total. The van der Waals surface area contributed by atoms with E-state index in [1.165, 1.54) is 29.7 Å². The van der Waals surface area contributed by atoms with Crippen molar-refractivity contribution in [3.05, 3.63) is 22.4 Å². The summed E-state index contributed by atoms with van der Waals surface area (Å²) in [7, 11) is 0. The van der Waals surface area contributed by atoms with Crippen molar-refractivity contribution in [2.75, 3.05) is 11.9 Å². The predicted molar refractivity (Wildman–Crippen MR) is 63.3 cm³/mol. The largest absolute Gasteiger partial charge is 0.368 e. The Labute approximate surface area is 92.5 Å². The first-order chi connectivity index (χ1) is 7.45. The summed E-state index contributed by atoms with van der Waals surface area (Å²) in [5.41, 5.74) is 3.81. The molecule has 0 bridgehead atoms. The summed E-state index contributed by atoms with van der Waals surface area (Å²) in [5.74, 6) is 1.05. The van der Waals surface area contributed by atoms with Crippen molar-refractivity contribution in [3.8, 4) is 11.3 Å². The molecule has 0 aromatic carbocycles. The first-order valence-corrected chi connectivity index (χ1v) is 6.23. The Balaban J connectivity index is 2.06. The molecule has 78 valence electrons. The fourth-order valence-electron chi connectivity index (χ4n) is 2.03. The highest BCUT2D eigenvalue weighted by atomic mass is 32.1.